The summed E-state index contributed by atoms with van der Waals surface area (Å²) in [6.45, 7) is 2.82. The number of esters is 2. The SMILES string of the molecule is CC12CC(C(=O)OCCCCCc3ccccc3)C(C(=O)OCCCCCc3ccccc3)CC1O2. The van der Waals surface area contributed by atoms with Gasteiger partial charge in [-0.25, -0.2) is 0 Å². The Morgan fingerprint density at radius 2 is 1.25 bits per heavy atom. The maximum atomic E-state index is 12.9. The van der Waals surface area contributed by atoms with Crippen LogP contribution in [-0.2, 0) is 36.6 Å². The number of unbranched alkanes of at least 4 members (excludes halogenated alkanes) is 4. The lowest BCUT2D eigenvalue weighted by molar-refractivity contribution is -0.163. The zero-order valence-corrected chi connectivity index (χ0v) is 21.5. The van der Waals surface area contributed by atoms with Gasteiger partial charge in [-0.05, 0) is 82.3 Å². The van der Waals surface area contributed by atoms with Crippen molar-refractivity contribution >= 4 is 11.9 Å². The summed E-state index contributed by atoms with van der Waals surface area (Å²) in [4.78, 5) is 25.8. The van der Waals surface area contributed by atoms with Crippen LogP contribution in [0.4, 0.5) is 0 Å². The molecule has 2 aromatic rings. The lowest BCUT2D eigenvalue weighted by atomic mass is 9.74. The van der Waals surface area contributed by atoms with E-state index in [0.717, 1.165) is 51.4 Å². The Hall–Kier alpha value is -2.66. The van der Waals surface area contributed by atoms with E-state index in [1.807, 2.05) is 19.1 Å². The molecule has 1 saturated carbocycles. The highest BCUT2D eigenvalue weighted by atomic mass is 16.6. The van der Waals surface area contributed by atoms with Gasteiger partial charge in [0.25, 0.3) is 0 Å². The van der Waals surface area contributed by atoms with Gasteiger partial charge in [0, 0.05) is 0 Å². The third kappa shape index (κ3) is 7.67. The second-order valence-electron chi connectivity index (χ2n) is 10.5. The van der Waals surface area contributed by atoms with Gasteiger partial charge in [-0.15, -0.1) is 0 Å². The van der Waals surface area contributed by atoms with E-state index in [0.29, 0.717) is 26.1 Å². The molecule has 1 aliphatic heterocycles. The molecule has 0 amide bonds. The summed E-state index contributed by atoms with van der Waals surface area (Å²) < 4.78 is 17.0. The molecule has 36 heavy (non-hydrogen) atoms. The number of fused-ring (bicyclic) bond motifs is 1. The van der Waals surface area contributed by atoms with Gasteiger partial charge in [-0.1, -0.05) is 60.7 Å². The van der Waals surface area contributed by atoms with Crippen molar-refractivity contribution in [1.82, 2.24) is 0 Å². The molecule has 0 aromatic heterocycles. The van der Waals surface area contributed by atoms with Crippen LogP contribution in [0.5, 0.6) is 0 Å². The molecule has 0 N–H and O–H groups in total. The monoisotopic (exact) mass is 492 g/mol. The summed E-state index contributed by atoms with van der Waals surface area (Å²) in [5.41, 5.74) is 2.37. The van der Waals surface area contributed by atoms with E-state index < -0.39 is 11.8 Å². The van der Waals surface area contributed by atoms with E-state index >= 15 is 0 Å². The first-order valence-electron chi connectivity index (χ1n) is 13.6. The van der Waals surface area contributed by atoms with Crippen LogP contribution in [0.2, 0.25) is 0 Å². The topological polar surface area (TPSA) is 65.1 Å². The van der Waals surface area contributed by atoms with Crippen molar-refractivity contribution in [2.24, 2.45) is 11.8 Å². The number of carbonyl (C=O) groups excluding carboxylic acids is 2. The summed E-state index contributed by atoms with van der Waals surface area (Å²) in [5, 5.41) is 0. The van der Waals surface area contributed by atoms with Crippen LogP contribution in [0.25, 0.3) is 0 Å². The molecule has 0 spiro atoms. The molecule has 0 radical (unpaired) electrons. The van der Waals surface area contributed by atoms with Crippen molar-refractivity contribution in [2.75, 3.05) is 13.2 Å². The maximum absolute atomic E-state index is 12.9. The average Bonchev–Trinajstić information content (AvgIpc) is 3.58. The Bertz CT molecular complexity index is 959. The number of aryl methyl sites for hydroxylation is 2. The minimum absolute atomic E-state index is 0.0444. The van der Waals surface area contributed by atoms with Crippen LogP contribution in [0.15, 0.2) is 60.7 Å². The standard InChI is InChI=1S/C31H40O5/c1-31-23-27(30(33)35-21-13-5-11-19-25-16-8-3-9-17-25)26(22-28(31)36-31)29(32)34-20-12-4-10-18-24-14-6-2-7-15-24/h2-3,6-9,14-17,26-28H,4-5,10-13,18-23H2,1H3. The molecule has 5 nitrogen and oxygen atoms in total. The van der Waals surface area contributed by atoms with E-state index in [4.69, 9.17) is 14.2 Å². The second kappa shape index (κ2) is 13.0. The van der Waals surface area contributed by atoms with Gasteiger partial charge < -0.3 is 14.2 Å². The largest absolute Gasteiger partial charge is 0.465 e. The van der Waals surface area contributed by atoms with Gasteiger partial charge in [0.15, 0.2) is 0 Å². The number of hydrogen-bond acceptors (Lipinski definition) is 5. The number of ether oxygens (including phenoxy) is 3. The number of benzene rings is 2. The van der Waals surface area contributed by atoms with Gasteiger partial charge in [0.1, 0.15) is 0 Å². The number of carbonyl (C=O) groups is 2. The Morgan fingerprint density at radius 1 is 0.750 bits per heavy atom. The summed E-state index contributed by atoms with van der Waals surface area (Å²) in [5.74, 6) is -1.51. The first-order chi connectivity index (χ1) is 17.5. The third-order valence-corrected chi connectivity index (χ3v) is 7.61. The zero-order valence-electron chi connectivity index (χ0n) is 21.5. The highest BCUT2D eigenvalue weighted by molar-refractivity contribution is 5.82. The van der Waals surface area contributed by atoms with Crippen LogP contribution < -0.4 is 0 Å². The molecular weight excluding hydrogens is 452 g/mol. The molecular formula is C31H40O5. The molecule has 1 aliphatic carbocycles. The van der Waals surface area contributed by atoms with Gasteiger partial charge in [-0.3, -0.25) is 9.59 Å². The normalized spacial score (nSPS) is 24.5. The first-order valence-corrected chi connectivity index (χ1v) is 13.6. The number of rotatable bonds is 14. The highest BCUT2D eigenvalue weighted by Crippen LogP contribution is 2.52. The van der Waals surface area contributed by atoms with Crippen molar-refractivity contribution in [3.05, 3.63) is 71.8 Å². The van der Waals surface area contributed by atoms with Crippen LogP contribution in [0, 0.1) is 11.8 Å². The summed E-state index contributed by atoms with van der Waals surface area (Å²) in [6, 6.07) is 20.8. The molecule has 1 heterocycles. The minimum Gasteiger partial charge on any atom is -0.465 e. The van der Waals surface area contributed by atoms with Crippen molar-refractivity contribution < 1.29 is 23.8 Å². The van der Waals surface area contributed by atoms with Crippen LogP contribution in [0.1, 0.15) is 69.4 Å². The van der Waals surface area contributed by atoms with Gasteiger partial charge >= 0.3 is 11.9 Å². The van der Waals surface area contributed by atoms with Crippen molar-refractivity contribution in [2.45, 2.75) is 82.8 Å². The van der Waals surface area contributed by atoms with E-state index in [9.17, 15) is 9.59 Å². The van der Waals surface area contributed by atoms with Crippen LogP contribution >= 0.6 is 0 Å². The molecule has 2 fully saturated rings. The number of epoxide rings is 1. The summed E-state index contributed by atoms with van der Waals surface area (Å²) >= 11 is 0. The molecule has 0 bridgehead atoms. The van der Waals surface area contributed by atoms with Gasteiger partial charge in [0.2, 0.25) is 0 Å². The number of hydrogen-bond donors (Lipinski definition) is 0. The lowest BCUT2D eigenvalue weighted by Gasteiger charge is -2.29. The van der Waals surface area contributed by atoms with Crippen LogP contribution in [0.3, 0.4) is 0 Å². The lowest BCUT2D eigenvalue weighted by Crippen LogP contribution is -2.40. The highest BCUT2D eigenvalue weighted by Gasteiger charge is 2.61. The van der Waals surface area contributed by atoms with Crippen molar-refractivity contribution in [3.63, 3.8) is 0 Å². The molecule has 5 heteroatoms. The Balaban J connectivity index is 1.14. The predicted octanol–water partition coefficient (Wildman–Crippen LogP) is 6.08. The molecule has 4 rings (SSSR count). The minimum atomic E-state index is -0.483. The molecule has 2 aromatic carbocycles. The Kier molecular flexibility index (Phi) is 9.57. The third-order valence-electron chi connectivity index (χ3n) is 7.61. The fraction of sp³-hybridized carbons (Fsp3) is 0.548. The zero-order chi connectivity index (χ0) is 25.2. The molecule has 1 saturated heterocycles. The second-order valence-corrected chi connectivity index (χ2v) is 10.5. The Labute approximate surface area is 215 Å². The molecule has 4 unspecified atom stereocenters. The molecule has 4 atom stereocenters. The van der Waals surface area contributed by atoms with E-state index in [1.54, 1.807) is 0 Å². The fourth-order valence-electron chi connectivity index (χ4n) is 5.31. The van der Waals surface area contributed by atoms with Crippen LogP contribution in [-0.4, -0.2) is 36.9 Å². The first kappa shape index (κ1) is 26.4. The summed E-state index contributed by atoms with van der Waals surface area (Å²) in [7, 11) is 0. The van der Waals surface area contributed by atoms with Crippen molar-refractivity contribution in [3.8, 4) is 0 Å². The predicted molar refractivity (Wildman–Crippen MR) is 139 cm³/mol. The van der Waals surface area contributed by atoms with Crippen molar-refractivity contribution in [1.29, 1.82) is 0 Å². The molecule has 2 aliphatic rings. The smallest absolute Gasteiger partial charge is 0.309 e. The quantitative estimate of drug-likeness (QED) is 0.182. The molecule has 194 valence electrons. The maximum Gasteiger partial charge on any atom is 0.309 e. The average molecular weight is 493 g/mol. The Morgan fingerprint density at radius 3 is 1.78 bits per heavy atom. The van der Waals surface area contributed by atoms with Gasteiger partial charge in [-0.2, -0.15) is 0 Å². The van der Waals surface area contributed by atoms with E-state index in [-0.39, 0.29) is 23.6 Å². The summed E-state index contributed by atoms with van der Waals surface area (Å²) in [6.07, 6.45) is 9.01. The van der Waals surface area contributed by atoms with E-state index in [2.05, 4.69) is 48.5 Å². The van der Waals surface area contributed by atoms with E-state index in [1.165, 1.54) is 11.1 Å². The fourth-order valence-corrected chi connectivity index (χ4v) is 5.31. The van der Waals surface area contributed by atoms with Gasteiger partial charge in [0.05, 0.1) is 36.8 Å².